The second-order valence-electron chi connectivity index (χ2n) is 7.60. The van der Waals surface area contributed by atoms with Crippen LogP contribution in [-0.2, 0) is 17.8 Å². The predicted octanol–water partition coefficient (Wildman–Crippen LogP) is 1.24. The standard InChI is InChI=1S/C22H23N3O5/c1-13-10-18(14(2)24(13)11-15-6-5-9-30-15)19(26)12-25-21(27)17-8-4-3-7-16(17)20(23-25)22(28)29/h3-4,7-8,10,15H,5-6,9,11-12H2,1-2H3,(H,28,29)/p-1/t15-/m0/s1. The number of hydrogen-bond acceptors (Lipinski definition) is 6. The highest BCUT2D eigenvalue weighted by Crippen LogP contribution is 2.21. The zero-order valence-corrected chi connectivity index (χ0v) is 16.9. The van der Waals surface area contributed by atoms with Gasteiger partial charge in [0.15, 0.2) is 5.78 Å². The van der Waals surface area contributed by atoms with E-state index in [2.05, 4.69) is 5.10 Å². The molecule has 1 saturated heterocycles. The van der Waals surface area contributed by atoms with E-state index in [-0.39, 0.29) is 34.9 Å². The third-order valence-corrected chi connectivity index (χ3v) is 5.64. The molecule has 1 atom stereocenters. The Hall–Kier alpha value is -3.26. The lowest BCUT2D eigenvalue weighted by Crippen LogP contribution is -2.32. The molecule has 156 valence electrons. The molecule has 0 spiro atoms. The van der Waals surface area contributed by atoms with Gasteiger partial charge in [0.2, 0.25) is 0 Å². The van der Waals surface area contributed by atoms with Gasteiger partial charge in [0.25, 0.3) is 5.56 Å². The Labute approximate surface area is 172 Å². The molecule has 0 saturated carbocycles. The number of ether oxygens (including phenoxy) is 1. The number of carboxylic acid groups (broad SMARTS) is 1. The highest BCUT2D eigenvalue weighted by Gasteiger charge is 2.22. The molecule has 3 heterocycles. The Kier molecular flexibility index (Phi) is 5.26. The van der Waals surface area contributed by atoms with E-state index in [1.165, 1.54) is 12.1 Å². The summed E-state index contributed by atoms with van der Waals surface area (Å²) in [4.78, 5) is 37.3. The number of nitrogens with zero attached hydrogens (tertiary/aromatic N) is 3. The fourth-order valence-corrected chi connectivity index (χ4v) is 4.07. The number of Topliss-reactive ketones (excluding diaryl/α,β-unsaturated/α-hetero) is 1. The van der Waals surface area contributed by atoms with E-state index in [0.29, 0.717) is 12.1 Å². The Morgan fingerprint density at radius 3 is 2.63 bits per heavy atom. The lowest BCUT2D eigenvalue weighted by Gasteiger charge is -2.15. The van der Waals surface area contributed by atoms with Gasteiger partial charge in [-0.25, -0.2) is 4.68 Å². The normalized spacial score (nSPS) is 16.3. The van der Waals surface area contributed by atoms with Crippen LogP contribution in [0.5, 0.6) is 0 Å². The summed E-state index contributed by atoms with van der Waals surface area (Å²) in [7, 11) is 0. The first kappa shape index (κ1) is 20.0. The van der Waals surface area contributed by atoms with Gasteiger partial charge in [-0.05, 0) is 38.8 Å². The number of aromatic nitrogens is 3. The maximum Gasteiger partial charge on any atom is 0.275 e. The quantitative estimate of drug-likeness (QED) is 0.568. The van der Waals surface area contributed by atoms with E-state index < -0.39 is 11.5 Å². The van der Waals surface area contributed by atoms with Gasteiger partial charge >= 0.3 is 0 Å². The Morgan fingerprint density at radius 2 is 1.97 bits per heavy atom. The smallest absolute Gasteiger partial charge is 0.275 e. The summed E-state index contributed by atoms with van der Waals surface area (Å²) in [6, 6.07) is 8.06. The van der Waals surface area contributed by atoms with Crippen LogP contribution in [0.25, 0.3) is 10.8 Å². The predicted molar refractivity (Wildman–Crippen MR) is 108 cm³/mol. The minimum Gasteiger partial charge on any atom is -0.543 e. The average Bonchev–Trinajstić information content (AvgIpc) is 3.33. The first-order valence-electron chi connectivity index (χ1n) is 9.89. The monoisotopic (exact) mass is 408 g/mol. The molecule has 0 radical (unpaired) electrons. The van der Waals surface area contributed by atoms with Crippen molar-refractivity contribution in [1.29, 1.82) is 0 Å². The second kappa shape index (κ2) is 7.87. The number of benzene rings is 1. The van der Waals surface area contributed by atoms with Gasteiger partial charge in [-0.15, -0.1) is 0 Å². The summed E-state index contributed by atoms with van der Waals surface area (Å²) in [5, 5.41) is 15.8. The van der Waals surface area contributed by atoms with Crippen molar-refractivity contribution >= 4 is 22.5 Å². The van der Waals surface area contributed by atoms with Gasteiger partial charge in [0.05, 0.1) is 17.5 Å². The van der Waals surface area contributed by atoms with Crippen molar-refractivity contribution in [2.24, 2.45) is 0 Å². The van der Waals surface area contributed by atoms with Gasteiger partial charge in [-0.3, -0.25) is 9.59 Å². The van der Waals surface area contributed by atoms with Crippen LogP contribution in [0, 0.1) is 13.8 Å². The lowest BCUT2D eigenvalue weighted by molar-refractivity contribution is -0.255. The van der Waals surface area contributed by atoms with Crippen molar-refractivity contribution in [2.45, 2.75) is 45.9 Å². The van der Waals surface area contributed by atoms with Crippen LogP contribution in [0.2, 0.25) is 0 Å². The van der Waals surface area contributed by atoms with Gasteiger partial charge in [-0.2, -0.15) is 5.10 Å². The number of carboxylic acids is 1. The van der Waals surface area contributed by atoms with Crippen LogP contribution in [0.1, 0.15) is 45.1 Å². The number of rotatable bonds is 6. The first-order valence-corrected chi connectivity index (χ1v) is 9.89. The van der Waals surface area contributed by atoms with Gasteiger partial charge in [0.1, 0.15) is 12.2 Å². The molecule has 1 aliphatic heterocycles. The highest BCUT2D eigenvalue weighted by atomic mass is 16.5. The van der Waals surface area contributed by atoms with E-state index in [0.717, 1.165) is 35.5 Å². The largest absolute Gasteiger partial charge is 0.543 e. The molecule has 1 fully saturated rings. The molecule has 30 heavy (non-hydrogen) atoms. The van der Waals surface area contributed by atoms with Crippen LogP contribution in [0.3, 0.4) is 0 Å². The molecule has 8 heteroatoms. The van der Waals surface area contributed by atoms with Gasteiger partial charge in [0, 0.05) is 35.5 Å². The molecule has 1 aromatic carbocycles. The third kappa shape index (κ3) is 3.54. The molecule has 2 aromatic heterocycles. The van der Waals surface area contributed by atoms with Crippen LogP contribution in [0.15, 0.2) is 35.1 Å². The number of carbonyl (C=O) groups excluding carboxylic acids is 2. The minimum atomic E-state index is -1.50. The molecule has 8 nitrogen and oxygen atoms in total. The van der Waals surface area contributed by atoms with Crippen LogP contribution < -0.4 is 10.7 Å². The summed E-state index contributed by atoms with van der Waals surface area (Å²) in [6.07, 6.45) is 2.16. The van der Waals surface area contributed by atoms with Crippen molar-refractivity contribution in [1.82, 2.24) is 14.3 Å². The SMILES string of the molecule is Cc1cc(C(=O)Cn2nc(C(=O)[O-])c3ccccc3c2=O)c(C)n1C[C@@H]1CCCO1. The lowest BCUT2D eigenvalue weighted by atomic mass is 10.1. The van der Waals surface area contributed by atoms with E-state index >= 15 is 0 Å². The summed E-state index contributed by atoms with van der Waals surface area (Å²) in [6.45, 7) is 4.86. The van der Waals surface area contributed by atoms with Crippen molar-refractivity contribution < 1.29 is 19.4 Å². The Balaban J connectivity index is 1.68. The van der Waals surface area contributed by atoms with E-state index in [1.54, 1.807) is 18.2 Å². The maximum absolute atomic E-state index is 13.0. The molecule has 0 unspecified atom stereocenters. The topological polar surface area (TPSA) is 106 Å². The van der Waals surface area contributed by atoms with Crippen LogP contribution in [0.4, 0.5) is 0 Å². The number of fused-ring (bicyclic) bond motifs is 1. The molecule has 4 rings (SSSR count). The van der Waals surface area contributed by atoms with E-state index in [9.17, 15) is 19.5 Å². The second-order valence-corrected chi connectivity index (χ2v) is 7.60. The van der Waals surface area contributed by atoms with E-state index in [1.807, 2.05) is 18.4 Å². The number of ketones is 1. The van der Waals surface area contributed by atoms with Crippen LogP contribution >= 0.6 is 0 Å². The maximum atomic E-state index is 13.0. The van der Waals surface area contributed by atoms with Crippen molar-refractivity contribution in [2.75, 3.05) is 6.61 Å². The fraction of sp³-hybridized carbons (Fsp3) is 0.364. The summed E-state index contributed by atoms with van der Waals surface area (Å²) < 4.78 is 8.65. The van der Waals surface area contributed by atoms with E-state index in [4.69, 9.17) is 4.74 Å². The van der Waals surface area contributed by atoms with Crippen LogP contribution in [-0.4, -0.2) is 38.8 Å². The molecular formula is C22H22N3O5-. The zero-order chi connectivity index (χ0) is 21.4. The highest BCUT2D eigenvalue weighted by molar-refractivity contribution is 6.01. The molecule has 1 aliphatic rings. The fourth-order valence-electron chi connectivity index (χ4n) is 4.07. The Bertz CT molecular complexity index is 1200. The molecule has 0 amide bonds. The molecule has 0 aliphatic carbocycles. The number of aryl methyl sites for hydroxylation is 1. The molecular weight excluding hydrogens is 386 g/mol. The molecule has 0 N–H and O–H groups in total. The summed E-state index contributed by atoms with van der Waals surface area (Å²) >= 11 is 0. The average molecular weight is 408 g/mol. The first-order chi connectivity index (χ1) is 14.4. The molecule has 0 bridgehead atoms. The molecule has 3 aromatic rings. The van der Waals surface area contributed by atoms with Crippen molar-refractivity contribution in [3.8, 4) is 0 Å². The number of hydrogen-bond donors (Lipinski definition) is 0. The van der Waals surface area contributed by atoms with Crippen molar-refractivity contribution in [3.63, 3.8) is 0 Å². The minimum absolute atomic E-state index is 0.133. The summed E-state index contributed by atoms with van der Waals surface area (Å²) in [5.74, 6) is -1.81. The summed E-state index contributed by atoms with van der Waals surface area (Å²) in [5.41, 5.74) is 1.34. The van der Waals surface area contributed by atoms with Gasteiger partial charge in [-0.1, -0.05) is 18.2 Å². The Morgan fingerprint density at radius 1 is 1.23 bits per heavy atom. The number of carbonyl (C=O) groups is 2. The van der Waals surface area contributed by atoms with Gasteiger partial charge < -0.3 is 19.2 Å². The van der Waals surface area contributed by atoms with Crippen molar-refractivity contribution in [3.05, 3.63) is 63.3 Å². The number of aromatic carboxylic acids is 1. The zero-order valence-electron chi connectivity index (χ0n) is 16.9. The third-order valence-electron chi connectivity index (χ3n) is 5.64.